The van der Waals surface area contributed by atoms with Gasteiger partial charge in [-0.05, 0) is 37.1 Å². The van der Waals surface area contributed by atoms with Crippen molar-refractivity contribution in [3.63, 3.8) is 0 Å². The molecule has 0 fully saturated rings. The summed E-state index contributed by atoms with van der Waals surface area (Å²) in [5, 5.41) is 11.6. The zero-order valence-corrected chi connectivity index (χ0v) is 11.4. The van der Waals surface area contributed by atoms with Crippen LogP contribution in [0.5, 0.6) is 0 Å². The third kappa shape index (κ3) is 3.66. The number of benzene rings is 1. The van der Waals surface area contributed by atoms with Gasteiger partial charge in [0.15, 0.2) is 0 Å². The fourth-order valence-corrected chi connectivity index (χ4v) is 2.35. The van der Waals surface area contributed by atoms with Crippen molar-refractivity contribution in [2.24, 2.45) is 11.8 Å². The van der Waals surface area contributed by atoms with Crippen LogP contribution in [0.4, 0.5) is 18.9 Å². The van der Waals surface area contributed by atoms with E-state index in [1.54, 1.807) is 12.2 Å². The molecule has 0 aliphatic heterocycles. The molecule has 7 heteroatoms. The number of rotatable bonds is 3. The van der Waals surface area contributed by atoms with E-state index in [1.165, 1.54) is 0 Å². The number of hydrogen-bond donors (Lipinski definition) is 2. The maximum atomic E-state index is 12.5. The van der Waals surface area contributed by atoms with Gasteiger partial charge in [0.25, 0.3) is 0 Å². The third-order valence-electron chi connectivity index (χ3n) is 3.57. The number of carboxylic acids is 1. The van der Waals surface area contributed by atoms with Gasteiger partial charge in [-0.2, -0.15) is 13.2 Å². The zero-order valence-electron chi connectivity index (χ0n) is 11.4. The second kappa shape index (κ2) is 6.21. The number of carboxylic acid groups (broad SMARTS) is 1. The van der Waals surface area contributed by atoms with Crippen LogP contribution in [-0.2, 0) is 15.8 Å². The van der Waals surface area contributed by atoms with E-state index in [0.29, 0.717) is 6.42 Å². The lowest BCUT2D eigenvalue weighted by Crippen LogP contribution is -2.34. The molecule has 22 heavy (non-hydrogen) atoms. The topological polar surface area (TPSA) is 66.4 Å². The van der Waals surface area contributed by atoms with Crippen LogP contribution in [0, 0.1) is 11.8 Å². The smallest absolute Gasteiger partial charge is 0.416 e. The predicted octanol–water partition coefficient (Wildman–Crippen LogP) is 3.31. The van der Waals surface area contributed by atoms with Gasteiger partial charge in [0.2, 0.25) is 5.91 Å². The molecule has 1 aliphatic rings. The first-order chi connectivity index (χ1) is 10.3. The Bertz CT molecular complexity index is 593. The van der Waals surface area contributed by atoms with Gasteiger partial charge in [0.05, 0.1) is 17.4 Å². The Balaban J connectivity index is 2.08. The van der Waals surface area contributed by atoms with Crippen molar-refractivity contribution >= 4 is 17.6 Å². The Morgan fingerprint density at radius 3 is 2.09 bits per heavy atom. The van der Waals surface area contributed by atoms with Crippen LogP contribution in [0.15, 0.2) is 36.4 Å². The maximum Gasteiger partial charge on any atom is 0.416 e. The fraction of sp³-hybridized carbons (Fsp3) is 0.333. The van der Waals surface area contributed by atoms with E-state index < -0.39 is 35.5 Å². The number of amides is 1. The SMILES string of the molecule is O=C(O)[C@H]1CC=CC[C@H]1C(=O)Nc1ccc(C(F)(F)F)cc1. The molecule has 2 rings (SSSR count). The molecule has 0 saturated carbocycles. The monoisotopic (exact) mass is 313 g/mol. The average molecular weight is 313 g/mol. The Morgan fingerprint density at radius 1 is 1.05 bits per heavy atom. The fourth-order valence-electron chi connectivity index (χ4n) is 2.35. The van der Waals surface area contributed by atoms with E-state index in [9.17, 15) is 22.8 Å². The van der Waals surface area contributed by atoms with Gasteiger partial charge in [0.1, 0.15) is 0 Å². The van der Waals surface area contributed by atoms with Crippen LogP contribution in [0.2, 0.25) is 0 Å². The van der Waals surface area contributed by atoms with E-state index in [4.69, 9.17) is 5.11 Å². The minimum atomic E-state index is -4.44. The Morgan fingerprint density at radius 2 is 1.59 bits per heavy atom. The van der Waals surface area contributed by atoms with Gasteiger partial charge >= 0.3 is 12.1 Å². The standard InChI is InChI=1S/C15H14F3NO3/c16-15(17,18)9-5-7-10(8-6-9)19-13(20)11-3-1-2-4-12(11)14(21)22/h1-2,5-8,11-12H,3-4H2,(H,19,20)(H,21,22)/t11-,12+/m1/s1. The Hall–Kier alpha value is -2.31. The van der Waals surface area contributed by atoms with Crippen LogP contribution in [0.1, 0.15) is 18.4 Å². The van der Waals surface area contributed by atoms with Crippen molar-refractivity contribution in [3.05, 3.63) is 42.0 Å². The molecule has 4 nitrogen and oxygen atoms in total. The Labute approximate surface area is 124 Å². The van der Waals surface area contributed by atoms with Crippen molar-refractivity contribution in [1.82, 2.24) is 0 Å². The van der Waals surface area contributed by atoms with Crippen LogP contribution in [0.25, 0.3) is 0 Å². The highest BCUT2D eigenvalue weighted by atomic mass is 19.4. The third-order valence-corrected chi connectivity index (χ3v) is 3.57. The quantitative estimate of drug-likeness (QED) is 0.841. The summed E-state index contributed by atoms with van der Waals surface area (Å²) in [5.41, 5.74) is -0.605. The van der Waals surface area contributed by atoms with E-state index in [-0.39, 0.29) is 12.1 Å². The minimum Gasteiger partial charge on any atom is -0.481 e. The number of aliphatic carboxylic acids is 1. The van der Waals surface area contributed by atoms with Crippen LogP contribution < -0.4 is 5.32 Å². The number of anilines is 1. The highest BCUT2D eigenvalue weighted by Crippen LogP contribution is 2.31. The summed E-state index contributed by atoms with van der Waals surface area (Å²) in [6.07, 6.45) is -0.438. The van der Waals surface area contributed by atoms with E-state index >= 15 is 0 Å². The molecule has 1 aromatic rings. The van der Waals surface area contributed by atoms with Crippen molar-refractivity contribution < 1.29 is 27.9 Å². The van der Waals surface area contributed by atoms with E-state index in [0.717, 1.165) is 24.3 Å². The molecular weight excluding hydrogens is 299 g/mol. The molecule has 1 aromatic carbocycles. The predicted molar refractivity (Wildman–Crippen MR) is 73.1 cm³/mol. The summed E-state index contributed by atoms with van der Waals surface area (Å²) in [7, 11) is 0. The van der Waals surface area contributed by atoms with Gasteiger partial charge in [-0.15, -0.1) is 0 Å². The number of carbonyl (C=O) groups is 2. The largest absolute Gasteiger partial charge is 0.481 e. The summed E-state index contributed by atoms with van der Waals surface area (Å²) >= 11 is 0. The summed E-state index contributed by atoms with van der Waals surface area (Å²) < 4.78 is 37.4. The van der Waals surface area contributed by atoms with Gasteiger partial charge in [0, 0.05) is 5.69 Å². The number of alkyl halides is 3. The second-order valence-electron chi connectivity index (χ2n) is 5.06. The van der Waals surface area contributed by atoms with Gasteiger partial charge in [-0.3, -0.25) is 9.59 Å². The molecule has 0 radical (unpaired) electrons. The Kier molecular flexibility index (Phi) is 4.54. The van der Waals surface area contributed by atoms with Crippen molar-refractivity contribution in [2.45, 2.75) is 19.0 Å². The highest BCUT2D eigenvalue weighted by molar-refractivity contribution is 5.95. The summed E-state index contributed by atoms with van der Waals surface area (Å²) in [5.74, 6) is -3.11. The number of nitrogens with one attached hydrogen (secondary N) is 1. The molecule has 0 bridgehead atoms. The average Bonchev–Trinajstić information content (AvgIpc) is 2.46. The van der Waals surface area contributed by atoms with Crippen molar-refractivity contribution in [3.8, 4) is 0 Å². The molecule has 2 N–H and O–H groups in total. The number of allylic oxidation sites excluding steroid dienone is 2. The zero-order chi connectivity index (χ0) is 16.3. The van der Waals surface area contributed by atoms with Crippen LogP contribution >= 0.6 is 0 Å². The first-order valence-corrected chi connectivity index (χ1v) is 6.65. The number of hydrogen-bond acceptors (Lipinski definition) is 2. The van der Waals surface area contributed by atoms with Gasteiger partial charge in [-0.1, -0.05) is 12.2 Å². The number of carbonyl (C=O) groups excluding carboxylic acids is 1. The minimum absolute atomic E-state index is 0.205. The number of halogens is 3. The molecular formula is C15H14F3NO3. The molecule has 0 saturated heterocycles. The maximum absolute atomic E-state index is 12.5. The molecule has 0 unspecified atom stereocenters. The molecule has 0 spiro atoms. The lowest BCUT2D eigenvalue weighted by Gasteiger charge is -2.24. The molecule has 1 aliphatic carbocycles. The van der Waals surface area contributed by atoms with Gasteiger partial charge in [-0.25, -0.2) is 0 Å². The molecule has 118 valence electrons. The molecule has 0 aromatic heterocycles. The first-order valence-electron chi connectivity index (χ1n) is 6.65. The lowest BCUT2D eigenvalue weighted by atomic mass is 9.82. The van der Waals surface area contributed by atoms with Crippen LogP contribution in [0.3, 0.4) is 0 Å². The summed E-state index contributed by atoms with van der Waals surface area (Å²) in [4.78, 5) is 23.3. The second-order valence-corrected chi connectivity index (χ2v) is 5.06. The summed E-state index contributed by atoms with van der Waals surface area (Å²) in [6, 6.07) is 4.03. The lowest BCUT2D eigenvalue weighted by molar-refractivity contribution is -0.146. The van der Waals surface area contributed by atoms with Gasteiger partial charge < -0.3 is 10.4 Å². The van der Waals surface area contributed by atoms with E-state index in [1.807, 2.05) is 0 Å². The summed E-state index contributed by atoms with van der Waals surface area (Å²) in [6.45, 7) is 0. The molecule has 2 atom stereocenters. The van der Waals surface area contributed by atoms with E-state index in [2.05, 4.69) is 5.32 Å². The highest BCUT2D eigenvalue weighted by Gasteiger charge is 2.34. The first kappa shape index (κ1) is 16.1. The van der Waals surface area contributed by atoms with Crippen molar-refractivity contribution in [2.75, 3.05) is 5.32 Å². The normalized spacial score (nSPS) is 21.4. The van der Waals surface area contributed by atoms with Crippen molar-refractivity contribution in [1.29, 1.82) is 0 Å². The van der Waals surface area contributed by atoms with Crippen LogP contribution in [-0.4, -0.2) is 17.0 Å². The molecule has 0 heterocycles. The molecule has 1 amide bonds.